The third-order valence-corrected chi connectivity index (χ3v) is 25.2. The molecular formula is C88H106F6N24O6. The summed E-state index contributed by atoms with van der Waals surface area (Å²) in [4.78, 5) is 101. The SMILES string of the molecule is C=CC(=O)N1CCN(c2nc(OC[C@@H]3CCCN3C)nc3c2CCN(c2c(C)ccc4cn[nH]c24)C3)CC1CC#N.[C-]#[N+]CC1CN(c2nc(OC[C@@H]3CCCN3C)nc3c2CCN(c2ccccc2CC(F)(F)F)C3)CCN1C(=O)C=C.[C-]#[N+]CC1CN(c2nc(OC[C@@H]3CCCN3C)nc3c2CCN(c2ccncc2C(F)(F)F)C3)CCN1C(=O)C=C. The number of piperazine rings is 3. The Balaban J connectivity index is 0.000000151. The van der Waals surface area contributed by atoms with Crippen LogP contribution < -0.4 is 43.6 Å². The van der Waals surface area contributed by atoms with E-state index in [9.17, 15) is 46.0 Å². The number of aryl methyl sites for hydroxylation is 1. The van der Waals surface area contributed by atoms with Crippen LogP contribution in [0.15, 0.2) is 99.0 Å². The molecule has 0 bridgehead atoms. The van der Waals surface area contributed by atoms with Crippen LogP contribution in [0.4, 0.5) is 60.9 Å². The van der Waals surface area contributed by atoms with E-state index in [1.165, 1.54) is 48.5 Å². The maximum atomic E-state index is 13.8. The number of ether oxygens (including phenoxy) is 3. The smallest absolute Gasteiger partial charge is 0.419 e. The predicted octanol–water partition coefficient (Wildman–Crippen LogP) is 9.60. The summed E-state index contributed by atoms with van der Waals surface area (Å²) in [6.07, 6.45) is 6.55. The second-order valence-electron chi connectivity index (χ2n) is 33.0. The highest BCUT2D eigenvalue weighted by Gasteiger charge is 2.42. The Morgan fingerprint density at radius 3 is 1.40 bits per heavy atom. The summed E-state index contributed by atoms with van der Waals surface area (Å²) in [6.45, 7) is 39.6. The molecule has 16 rings (SSSR count). The van der Waals surface area contributed by atoms with Crippen LogP contribution >= 0.6 is 0 Å². The fraction of sp³-hybridized carbons (Fsp3) is 0.523. The van der Waals surface area contributed by atoms with Crippen molar-refractivity contribution in [3.63, 3.8) is 0 Å². The first-order chi connectivity index (χ1) is 59.8. The van der Waals surface area contributed by atoms with Gasteiger partial charge in [-0.05, 0) is 147 Å². The molecule has 656 valence electrons. The van der Waals surface area contributed by atoms with Gasteiger partial charge in [0.05, 0.1) is 90.3 Å². The number of halogens is 6. The van der Waals surface area contributed by atoms with Gasteiger partial charge in [-0.25, -0.2) is 13.1 Å². The van der Waals surface area contributed by atoms with Gasteiger partial charge in [-0.15, -0.1) is 0 Å². The number of carbonyl (C=O) groups excluding carboxylic acids is 3. The number of H-pyrrole nitrogens is 1. The highest BCUT2D eigenvalue weighted by atomic mass is 19.4. The molecule has 5 aromatic heterocycles. The van der Waals surface area contributed by atoms with Crippen molar-refractivity contribution >= 4 is 63.1 Å². The van der Waals surface area contributed by atoms with E-state index >= 15 is 0 Å². The van der Waals surface area contributed by atoms with Gasteiger partial charge in [-0.1, -0.05) is 50.1 Å². The quantitative estimate of drug-likeness (QED) is 0.0376. The summed E-state index contributed by atoms with van der Waals surface area (Å²) in [5, 5.41) is 18.1. The van der Waals surface area contributed by atoms with Gasteiger partial charge in [0, 0.05) is 137 Å². The van der Waals surface area contributed by atoms with Gasteiger partial charge in [0.1, 0.15) is 49.4 Å². The Labute approximate surface area is 718 Å². The number of likely N-dealkylation sites (N-methyl/N-ethyl adjacent to an activating group) is 3. The molecule has 9 aliphatic heterocycles. The number of amides is 3. The fourth-order valence-corrected chi connectivity index (χ4v) is 18.6. The molecule has 7 aromatic rings. The Morgan fingerprint density at radius 1 is 0.540 bits per heavy atom. The zero-order valence-electron chi connectivity index (χ0n) is 70.6. The van der Waals surface area contributed by atoms with E-state index in [1.807, 2.05) is 23.0 Å². The van der Waals surface area contributed by atoms with E-state index in [1.54, 1.807) is 37.8 Å². The number of anilines is 6. The van der Waals surface area contributed by atoms with Crippen LogP contribution in [0, 0.1) is 31.4 Å². The molecule has 6 fully saturated rings. The fourth-order valence-electron chi connectivity index (χ4n) is 18.6. The Hall–Kier alpha value is -11.9. The van der Waals surface area contributed by atoms with Crippen molar-refractivity contribution in [3.05, 3.63) is 172 Å². The lowest BCUT2D eigenvalue weighted by atomic mass is 10.0. The number of nitrogens with zero attached hydrogens (tertiary/aromatic N) is 23. The largest absolute Gasteiger partial charge is 0.462 e. The Morgan fingerprint density at radius 2 is 0.976 bits per heavy atom. The van der Waals surface area contributed by atoms with Crippen LogP contribution in [-0.4, -0.2) is 287 Å². The minimum absolute atomic E-state index is 0.0574. The Kier molecular flexibility index (Phi) is 28.0. The van der Waals surface area contributed by atoms with Gasteiger partial charge in [0.15, 0.2) is 0 Å². The molecule has 0 aliphatic carbocycles. The third kappa shape index (κ3) is 20.3. The van der Waals surface area contributed by atoms with Crippen molar-refractivity contribution in [3.8, 4) is 24.1 Å². The molecule has 6 saturated heterocycles. The Bertz CT molecular complexity index is 5170. The summed E-state index contributed by atoms with van der Waals surface area (Å²) < 4.78 is 100.0. The van der Waals surface area contributed by atoms with Gasteiger partial charge in [-0.2, -0.15) is 66.6 Å². The van der Waals surface area contributed by atoms with E-state index in [-0.39, 0.29) is 97.3 Å². The van der Waals surface area contributed by atoms with Crippen LogP contribution in [0.2, 0.25) is 0 Å². The molecule has 0 spiro atoms. The number of para-hydroxylation sites is 1. The maximum Gasteiger partial charge on any atom is 0.419 e. The average molecular weight is 1710 g/mol. The van der Waals surface area contributed by atoms with Crippen molar-refractivity contribution in [1.29, 1.82) is 5.26 Å². The number of hydrogen-bond acceptors (Lipinski definition) is 24. The highest BCUT2D eigenvalue weighted by molar-refractivity contribution is 5.93. The van der Waals surface area contributed by atoms with Gasteiger partial charge in [0.2, 0.25) is 30.8 Å². The number of hydrogen-bond donors (Lipinski definition) is 1. The standard InChI is InChI=1S/C30H36F3N7O2.C30H37N9O2.C28H33F3N8O2/c1-4-27(41)40-15-14-39(18-23(40)17-34-2)28-24-11-13-38(26-10-6-5-8-21(26)16-30(31,32)33)19-25(24)35-29(36-28)42-20-22-9-7-12-37(22)3;1-4-26(40)39-15-14-38(17-22(39)9-11-31)29-24-10-13-37(28-20(2)7-8-21-16-32-35-27(21)28)18-25(24)33-30(34-29)41-19-23-6-5-12-36(23)3;1-4-25(40)39-13-12-38(16-20(39)14-32-2)26-21-8-11-37(24-7-9-33-15-22(24)28(29,30)31)17-23(21)34-27(35-26)41-18-19-6-5-10-36(19)3/h4-6,8,10,22-23H,1,7,9,11-20H2,3H3;4,7-8,16,22-23H,1,5-6,9-10,12-15,17-19H2,2-3H3,(H,32,35);4,7,9,15,19-20H,1,5-6,8,10-14,16-18H2,3H3/t22-,23?;22?,23-;19-,20?/m000/s1. The zero-order valence-corrected chi connectivity index (χ0v) is 70.6. The van der Waals surface area contributed by atoms with Gasteiger partial charge >= 0.3 is 30.4 Å². The minimum Gasteiger partial charge on any atom is -0.462 e. The lowest BCUT2D eigenvalue weighted by Gasteiger charge is -2.42. The zero-order chi connectivity index (χ0) is 87.5. The molecule has 0 radical (unpaired) electrons. The van der Waals surface area contributed by atoms with Crippen molar-refractivity contribution in [2.75, 3.05) is 182 Å². The second-order valence-corrected chi connectivity index (χ2v) is 33.0. The number of fused-ring (bicyclic) bond motifs is 4. The number of pyridine rings is 1. The average Bonchev–Trinajstić information content (AvgIpc) is 0.856. The highest BCUT2D eigenvalue weighted by Crippen LogP contribution is 2.42. The summed E-state index contributed by atoms with van der Waals surface area (Å²) in [7, 11) is 6.25. The lowest BCUT2D eigenvalue weighted by Crippen LogP contribution is -2.56. The summed E-state index contributed by atoms with van der Waals surface area (Å²) in [5.41, 5.74) is 8.56. The number of nitriles is 1. The van der Waals surface area contributed by atoms with E-state index in [2.05, 4.69) is 113 Å². The van der Waals surface area contributed by atoms with E-state index in [4.69, 9.17) is 57.3 Å². The summed E-state index contributed by atoms with van der Waals surface area (Å²) >= 11 is 0. The molecule has 0 saturated carbocycles. The molecular weight excluding hydrogens is 1600 g/mol. The van der Waals surface area contributed by atoms with E-state index in [0.717, 1.165) is 116 Å². The van der Waals surface area contributed by atoms with Crippen molar-refractivity contribution in [1.82, 2.24) is 74.5 Å². The van der Waals surface area contributed by atoms with Crippen molar-refractivity contribution in [2.24, 2.45) is 0 Å². The molecule has 3 unspecified atom stereocenters. The van der Waals surface area contributed by atoms with Crippen molar-refractivity contribution in [2.45, 2.75) is 146 Å². The number of aromatic amines is 1. The number of rotatable bonds is 22. The van der Waals surface area contributed by atoms with E-state index in [0.29, 0.717) is 159 Å². The minimum atomic E-state index is -4.54. The van der Waals surface area contributed by atoms with Gasteiger partial charge in [0.25, 0.3) is 0 Å². The molecule has 6 atom stereocenters. The third-order valence-electron chi connectivity index (χ3n) is 25.2. The number of likely N-dealkylation sites (tertiary alicyclic amines) is 3. The van der Waals surface area contributed by atoms with Crippen molar-refractivity contribution < 1.29 is 54.9 Å². The maximum absolute atomic E-state index is 13.8. The molecule has 2 aromatic carbocycles. The normalized spacial score (nSPS) is 21.2. The monoisotopic (exact) mass is 1710 g/mol. The molecule has 30 nitrogen and oxygen atoms in total. The van der Waals surface area contributed by atoms with E-state index < -0.39 is 24.3 Å². The predicted molar refractivity (Wildman–Crippen MR) is 457 cm³/mol. The number of alkyl halides is 6. The molecule has 36 heteroatoms. The lowest BCUT2D eigenvalue weighted by molar-refractivity contribution is -0.137. The first-order valence-electron chi connectivity index (χ1n) is 42.4. The van der Waals surface area contributed by atoms with Gasteiger partial charge in [-0.3, -0.25) is 24.5 Å². The molecule has 124 heavy (non-hydrogen) atoms. The molecule has 1 N–H and O–H groups in total. The first kappa shape index (κ1) is 88.4. The molecule has 3 amide bonds. The van der Waals surface area contributed by atoms with Crippen LogP contribution in [-0.2, 0) is 65.9 Å². The van der Waals surface area contributed by atoms with Crippen LogP contribution in [0.5, 0.6) is 18.0 Å². The first-order valence-corrected chi connectivity index (χ1v) is 42.4. The number of carbonyl (C=O) groups is 3. The number of nitrogens with one attached hydrogen (secondary N) is 1. The topological polar surface area (TPSA) is 269 Å². The molecule has 14 heterocycles. The van der Waals surface area contributed by atoms with Crippen LogP contribution in [0.25, 0.3) is 20.6 Å². The number of benzene rings is 2. The summed E-state index contributed by atoms with van der Waals surface area (Å²) in [5.74, 6) is 1.65. The van der Waals surface area contributed by atoms with Gasteiger partial charge < -0.3 is 82.7 Å². The van der Waals surface area contributed by atoms with Crippen LogP contribution in [0.3, 0.4) is 0 Å². The van der Waals surface area contributed by atoms with Crippen LogP contribution in [0.1, 0.15) is 95.4 Å². The molecule has 9 aliphatic rings. The summed E-state index contributed by atoms with van der Waals surface area (Å²) in [6, 6.07) is 15.3. The number of aromatic nitrogens is 9. The second kappa shape index (κ2) is 39.3.